The lowest BCUT2D eigenvalue weighted by atomic mass is 9.68. The Balaban J connectivity index is 1.42. The molecule has 3 fully saturated rings. The van der Waals surface area contributed by atoms with E-state index >= 15 is 0 Å². The first-order chi connectivity index (χ1) is 16.3. The lowest BCUT2D eigenvalue weighted by Crippen LogP contribution is -2.43. The van der Waals surface area contributed by atoms with Crippen LogP contribution in [-0.4, -0.2) is 51.3 Å². The Kier molecular flexibility index (Phi) is 5.20. The van der Waals surface area contributed by atoms with Crippen molar-refractivity contribution in [3.63, 3.8) is 0 Å². The Labute approximate surface area is 210 Å². The van der Waals surface area contributed by atoms with Crippen molar-refractivity contribution in [1.29, 1.82) is 0 Å². The number of fused-ring (bicyclic) bond motifs is 9. The van der Waals surface area contributed by atoms with Gasteiger partial charge in [0.25, 0.3) is 0 Å². The summed E-state index contributed by atoms with van der Waals surface area (Å²) in [6, 6.07) is 8.16. The fourth-order valence-corrected chi connectivity index (χ4v) is 10.4. The van der Waals surface area contributed by atoms with E-state index in [1.54, 1.807) is 18.4 Å². The Morgan fingerprint density at radius 3 is 2.50 bits per heavy atom. The van der Waals surface area contributed by atoms with Crippen LogP contribution in [0.2, 0.25) is 0 Å². The summed E-state index contributed by atoms with van der Waals surface area (Å²) in [5.74, 6) is -0.685. The van der Waals surface area contributed by atoms with Crippen molar-refractivity contribution in [1.82, 2.24) is 9.47 Å². The number of carboxylic acids is 1. The van der Waals surface area contributed by atoms with Gasteiger partial charge in [-0.25, -0.2) is 0 Å². The van der Waals surface area contributed by atoms with Gasteiger partial charge >= 0.3 is 5.97 Å². The van der Waals surface area contributed by atoms with Crippen molar-refractivity contribution in [3.05, 3.63) is 38.7 Å². The average Bonchev–Trinajstić information content (AvgIpc) is 3.53. The highest BCUT2D eigenvalue weighted by Gasteiger charge is 2.69. The van der Waals surface area contributed by atoms with Crippen LogP contribution in [0, 0.1) is 33.5 Å². The van der Waals surface area contributed by atoms with Gasteiger partial charge in [-0.15, -0.1) is 23.1 Å². The van der Waals surface area contributed by atoms with Crippen molar-refractivity contribution in [2.24, 2.45) is 36.6 Å². The summed E-state index contributed by atoms with van der Waals surface area (Å²) in [5, 5.41) is 10.5. The third-order valence-electron chi connectivity index (χ3n) is 8.18. The lowest BCUT2D eigenvalue weighted by Gasteiger charge is -2.43. The number of methoxy groups -OCH3 is 1. The number of ether oxygens (including phenoxy) is 1. The molecular formula is C24H24N2O5S3. The molecule has 7 nitrogen and oxygen atoms in total. The van der Waals surface area contributed by atoms with E-state index in [-0.39, 0.29) is 65.5 Å². The first kappa shape index (κ1) is 22.3. The molecule has 7 atom stereocenters. The van der Waals surface area contributed by atoms with E-state index in [4.69, 9.17) is 22.1 Å². The quantitative estimate of drug-likeness (QED) is 0.478. The van der Waals surface area contributed by atoms with Gasteiger partial charge in [0, 0.05) is 29.6 Å². The van der Waals surface area contributed by atoms with Crippen LogP contribution in [0.5, 0.6) is 5.75 Å². The number of thioether (sulfide) groups is 1. The van der Waals surface area contributed by atoms with Crippen molar-refractivity contribution < 1.29 is 24.2 Å². The zero-order valence-electron chi connectivity index (χ0n) is 18.7. The molecule has 3 heterocycles. The molecular weight excluding hydrogens is 492 g/mol. The van der Waals surface area contributed by atoms with Gasteiger partial charge in [0.15, 0.2) is 3.95 Å². The van der Waals surface area contributed by atoms with Crippen LogP contribution in [0.25, 0.3) is 0 Å². The molecule has 2 amide bonds. The normalized spacial score (nSPS) is 33.1. The molecule has 1 aromatic carbocycles. The van der Waals surface area contributed by atoms with Gasteiger partial charge in [0.1, 0.15) is 5.75 Å². The van der Waals surface area contributed by atoms with Crippen molar-refractivity contribution in [2.75, 3.05) is 13.7 Å². The Hall–Kier alpha value is -2.17. The topological polar surface area (TPSA) is 88.8 Å². The summed E-state index contributed by atoms with van der Waals surface area (Å²) < 4.78 is 8.28. The molecule has 0 unspecified atom stereocenters. The molecule has 178 valence electrons. The number of hydrogen-bond donors (Lipinski definition) is 1. The highest BCUT2D eigenvalue weighted by atomic mass is 32.2. The number of aliphatic carboxylic acids is 1. The maximum atomic E-state index is 13.4. The Morgan fingerprint density at radius 1 is 1.18 bits per heavy atom. The van der Waals surface area contributed by atoms with Crippen molar-refractivity contribution in [2.45, 2.75) is 29.0 Å². The molecule has 10 heteroatoms. The summed E-state index contributed by atoms with van der Waals surface area (Å²) in [4.78, 5) is 40.2. The van der Waals surface area contributed by atoms with E-state index in [1.807, 2.05) is 30.9 Å². The number of thiazole rings is 1. The van der Waals surface area contributed by atoms with Crippen LogP contribution in [0.3, 0.4) is 0 Å². The van der Waals surface area contributed by atoms with Crippen molar-refractivity contribution in [3.8, 4) is 5.75 Å². The molecule has 0 spiro atoms. The van der Waals surface area contributed by atoms with Crippen LogP contribution in [-0.2, 0) is 21.4 Å². The van der Waals surface area contributed by atoms with Crippen molar-refractivity contribution >= 4 is 53.1 Å². The molecule has 2 aliphatic heterocycles. The number of rotatable bonds is 5. The van der Waals surface area contributed by atoms with Crippen LogP contribution < -0.4 is 4.74 Å². The van der Waals surface area contributed by atoms with Gasteiger partial charge in [-0.2, -0.15) is 0 Å². The number of aromatic nitrogens is 1. The largest absolute Gasteiger partial charge is 0.497 e. The molecule has 2 saturated carbocycles. The minimum Gasteiger partial charge on any atom is -0.497 e. The third kappa shape index (κ3) is 3.01. The van der Waals surface area contributed by atoms with Crippen LogP contribution in [0.15, 0.2) is 29.3 Å². The summed E-state index contributed by atoms with van der Waals surface area (Å²) in [7, 11) is 3.65. The first-order valence-electron chi connectivity index (χ1n) is 11.4. The van der Waals surface area contributed by atoms with Crippen LogP contribution in [0.4, 0.5) is 0 Å². The van der Waals surface area contributed by atoms with Crippen LogP contribution in [0.1, 0.15) is 29.2 Å². The van der Waals surface area contributed by atoms with Gasteiger partial charge < -0.3 is 14.4 Å². The standard InChI is InChI=1S/C24H24N2O5S3/c1-25-23-20(34-24(25)32)15(10-3-5-11(31-2)6-4-10)16-12-9-13(19(16)33-23)18-17(12)21(29)26(22(18)30)8-7-14(27)28/h3-6,12-13,15-19H,7-9H2,1-2H3,(H,27,28)/t12-,13+,15+,16-,17+,18-,19-/m1/s1. The number of imide groups is 1. The molecule has 2 aliphatic carbocycles. The monoisotopic (exact) mass is 516 g/mol. The summed E-state index contributed by atoms with van der Waals surface area (Å²) in [6.07, 6.45) is 0.658. The number of likely N-dealkylation sites (tertiary alicyclic amines) is 1. The fourth-order valence-electron chi connectivity index (χ4n) is 6.85. The average molecular weight is 517 g/mol. The maximum Gasteiger partial charge on any atom is 0.305 e. The van der Waals surface area contributed by atoms with E-state index in [2.05, 4.69) is 16.7 Å². The molecule has 1 saturated heterocycles. The third-order valence-corrected chi connectivity index (χ3v) is 11.6. The molecule has 1 N–H and O–H groups in total. The SMILES string of the molecule is COc1ccc([C@@H]2c3sc(=S)n(C)c3S[C@@H]3[C@H]4C[C@@H]([C@@H]5C(=O)N(CCC(=O)O)C(=O)[C@H]45)[C@H]23)cc1. The number of carboxylic acid groups (broad SMARTS) is 1. The molecule has 4 aliphatic rings. The summed E-state index contributed by atoms with van der Waals surface area (Å²) in [5.41, 5.74) is 1.18. The predicted octanol–water partition coefficient (Wildman–Crippen LogP) is 3.77. The zero-order valence-corrected chi connectivity index (χ0v) is 21.1. The number of carbonyl (C=O) groups is 3. The minimum atomic E-state index is -0.999. The number of nitrogens with zero attached hydrogens (tertiary/aromatic N) is 2. The van der Waals surface area contributed by atoms with E-state index in [9.17, 15) is 14.4 Å². The van der Waals surface area contributed by atoms with E-state index in [0.717, 1.165) is 16.1 Å². The summed E-state index contributed by atoms with van der Waals surface area (Å²) in [6.45, 7) is -0.0363. The fraction of sp³-hybridized carbons (Fsp3) is 0.500. The van der Waals surface area contributed by atoms with Gasteiger partial charge in [-0.1, -0.05) is 12.1 Å². The molecule has 2 aromatic rings. The maximum absolute atomic E-state index is 13.4. The van der Waals surface area contributed by atoms with Gasteiger partial charge in [-0.05, 0) is 54.1 Å². The first-order valence-corrected chi connectivity index (χ1v) is 13.5. The molecule has 6 rings (SSSR count). The second-order valence-corrected chi connectivity index (χ2v) is 12.4. The minimum absolute atomic E-state index is 0.0363. The number of hydrogen-bond acceptors (Lipinski definition) is 7. The summed E-state index contributed by atoms with van der Waals surface area (Å²) >= 11 is 9.10. The predicted molar refractivity (Wildman–Crippen MR) is 130 cm³/mol. The Bertz CT molecular complexity index is 1270. The van der Waals surface area contributed by atoms with E-state index in [1.165, 1.54) is 20.4 Å². The molecule has 2 bridgehead atoms. The smallest absolute Gasteiger partial charge is 0.305 e. The molecule has 1 aromatic heterocycles. The lowest BCUT2D eigenvalue weighted by molar-refractivity contribution is -0.142. The van der Waals surface area contributed by atoms with Gasteiger partial charge in [-0.3, -0.25) is 19.3 Å². The molecule has 34 heavy (non-hydrogen) atoms. The van der Waals surface area contributed by atoms with E-state index in [0.29, 0.717) is 0 Å². The number of benzene rings is 1. The number of carbonyl (C=O) groups excluding carboxylic acids is 2. The Morgan fingerprint density at radius 2 is 1.85 bits per heavy atom. The van der Waals surface area contributed by atoms with E-state index < -0.39 is 5.97 Å². The number of amides is 2. The zero-order chi connectivity index (χ0) is 23.9. The van der Waals surface area contributed by atoms with Gasteiger partial charge in [0.05, 0.1) is 30.4 Å². The molecule has 0 radical (unpaired) electrons. The van der Waals surface area contributed by atoms with Crippen LogP contribution >= 0.6 is 35.3 Å². The highest BCUT2D eigenvalue weighted by Crippen LogP contribution is 2.69. The van der Waals surface area contributed by atoms with Gasteiger partial charge in [0.2, 0.25) is 11.8 Å². The second-order valence-electron chi connectivity index (χ2n) is 9.59. The highest BCUT2D eigenvalue weighted by molar-refractivity contribution is 8.00. The second kappa shape index (κ2) is 7.93.